The average Bonchev–Trinajstić information content (AvgIpc) is 2.90. The zero-order valence-corrected chi connectivity index (χ0v) is 11.8. The fourth-order valence-corrected chi connectivity index (χ4v) is 2.87. The van der Waals surface area contributed by atoms with Crippen molar-refractivity contribution in [3.8, 4) is 6.07 Å². The number of carbonyl (C=O) groups is 1. The van der Waals surface area contributed by atoms with Crippen LogP contribution >= 0.6 is 0 Å². The number of rotatable bonds is 7. The summed E-state index contributed by atoms with van der Waals surface area (Å²) in [5.41, 5.74) is 0. The fraction of sp³-hybridized carbons (Fsp3) is 0.867. The molecule has 1 atom stereocenters. The Morgan fingerprint density at radius 2 is 2.06 bits per heavy atom. The molecule has 1 rings (SSSR count). The third-order valence-corrected chi connectivity index (χ3v) is 4.04. The number of carbonyl (C=O) groups excluding carboxylic acids is 1. The van der Waals surface area contributed by atoms with Gasteiger partial charge in [-0.05, 0) is 25.7 Å². The quantitative estimate of drug-likeness (QED) is 0.649. The Labute approximate surface area is 111 Å². The third-order valence-electron chi connectivity index (χ3n) is 4.04. The molecule has 0 aromatic rings. The van der Waals surface area contributed by atoms with Gasteiger partial charge in [0, 0.05) is 12.0 Å². The van der Waals surface area contributed by atoms with Crippen LogP contribution in [0, 0.1) is 17.2 Å². The topological polar surface area (TPSA) is 44.1 Å². The normalized spacial score (nSPS) is 17.4. The monoisotopic (exact) mass is 250 g/mol. The second-order valence-electron chi connectivity index (χ2n) is 5.31. The molecule has 102 valence electrons. The van der Waals surface area contributed by atoms with Crippen molar-refractivity contribution in [2.75, 3.05) is 6.54 Å². The Morgan fingerprint density at radius 3 is 2.56 bits per heavy atom. The van der Waals surface area contributed by atoms with E-state index >= 15 is 0 Å². The van der Waals surface area contributed by atoms with E-state index in [-0.39, 0.29) is 18.4 Å². The van der Waals surface area contributed by atoms with Crippen LogP contribution in [0.25, 0.3) is 0 Å². The van der Waals surface area contributed by atoms with Crippen LogP contribution in [0.4, 0.5) is 0 Å². The summed E-state index contributed by atoms with van der Waals surface area (Å²) >= 11 is 0. The van der Waals surface area contributed by atoms with E-state index in [4.69, 9.17) is 5.26 Å². The lowest BCUT2D eigenvalue weighted by molar-refractivity contribution is -0.137. The fourth-order valence-electron chi connectivity index (χ4n) is 2.87. The zero-order valence-electron chi connectivity index (χ0n) is 11.8. The molecule has 0 radical (unpaired) electrons. The van der Waals surface area contributed by atoms with Crippen molar-refractivity contribution >= 4 is 5.91 Å². The highest BCUT2D eigenvalue weighted by Gasteiger charge is 2.30. The lowest BCUT2D eigenvalue weighted by Gasteiger charge is -2.30. The molecular weight excluding hydrogens is 224 g/mol. The van der Waals surface area contributed by atoms with Gasteiger partial charge in [-0.1, -0.05) is 39.5 Å². The maximum Gasteiger partial charge on any atom is 0.226 e. The van der Waals surface area contributed by atoms with Crippen LogP contribution < -0.4 is 0 Å². The summed E-state index contributed by atoms with van der Waals surface area (Å²) < 4.78 is 0. The summed E-state index contributed by atoms with van der Waals surface area (Å²) in [4.78, 5) is 14.4. The highest BCUT2D eigenvalue weighted by atomic mass is 16.2. The van der Waals surface area contributed by atoms with Crippen molar-refractivity contribution < 1.29 is 4.79 Å². The van der Waals surface area contributed by atoms with Crippen molar-refractivity contribution in [1.82, 2.24) is 4.90 Å². The molecule has 0 spiro atoms. The first-order chi connectivity index (χ1) is 8.74. The van der Waals surface area contributed by atoms with Crippen LogP contribution in [0.3, 0.4) is 0 Å². The minimum Gasteiger partial charge on any atom is -0.326 e. The minimum absolute atomic E-state index is 0.124. The summed E-state index contributed by atoms with van der Waals surface area (Å²) in [5.74, 6) is 0.346. The smallest absolute Gasteiger partial charge is 0.226 e. The largest absolute Gasteiger partial charge is 0.326 e. The number of amides is 1. The molecule has 0 heterocycles. The molecule has 0 aromatic carbocycles. The van der Waals surface area contributed by atoms with Crippen LogP contribution in [-0.4, -0.2) is 23.4 Å². The Bertz CT molecular complexity index is 289. The molecule has 1 aliphatic rings. The zero-order chi connectivity index (χ0) is 13.4. The second kappa shape index (κ2) is 8.13. The van der Waals surface area contributed by atoms with Gasteiger partial charge in [0.1, 0.15) is 6.54 Å². The predicted molar refractivity (Wildman–Crippen MR) is 72.9 cm³/mol. The SMILES string of the molecule is CCCCC(CC)C(=O)N(CC#N)C1CCCC1. The Balaban J connectivity index is 2.64. The van der Waals surface area contributed by atoms with E-state index in [0.29, 0.717) is 6.04 Å². The van der Waals surface area contributed by atoms with E-state index < -0.39 is 0 Å². The summed E-state index contributed by atoms with van der Waals surface area (Å²) in [7, 11) is 0. The molecule has 1 aliphatic carbocycles. The molecule has 1 fully saturated rings. The number of hydrogen-bond acceptors (Lipinski definition) is 2. The van der Waals surface area contributed by atoms with Crippen molar-refractivity contribution in [2.45, 2.75) is 71.3 Å². The lowest BCUT2D eigenvalue weighted by Crippen LogP contribution is -2.42. The first-order valence-corrected chi connectivity index (χ1v) is 7.42. The second-order valence-corrected chi connectivity index (χ2v) is 5.31. The highest BCUT2D eigenvalue weighted by molar-refractivity contribution is 5.79. The van der Waals surface area contributed by atoms with E-state index in [1.807, 2.05) is 4.90 Å². The molecule has 1 saturated carbocycles. The van der Waals surface area contributed by atoms with Gasteiger partial charge in [0.05, 0.1) is 6.07 Å². The average molecular weight is 250 g/mol. The molecule has 0 aromatic heterocycles. The molecule has 18 heavy (non-hydrogen) atoms. The Kier molecular flexibility index (Phi) is 6.78. The molecule has 0 saturated heterocycles. The van der Waals surface area contributed by atoms with Gasteiger partial charge in [-0.2, -0.15) is 5.26 Å². The van der Waals surface area contributed by atoms with Gasteiger partial charge < -0.3 is 4.90 Å². The van der Waals surface area contributed by atoms with Gasteiger partial charge in [-0.3, -0.25) is 4.79 Å². The van der Waals surface area contributed by atoms with E-state index in [1.165, 1.54) is 12.8 Å². The van der Waals surface area contributed by atoms with Crippen LogP contribution in [-0.2, 0) is 4.79 Å². The molecule has 1 unspecified atom stereocenters. The minimum atomic E-state index is 0.124. The van der Waals surface area contributed by atoms with Gasteiger partial charge in [0.25, 0.3) is 0 Å². The maximum absolute atomic E-state index is 12.5. The van der Waals surface area contributed by atoms with Crippen molar-refractivity contribution in [2.24, 2.45) is 5.92 Å². The summed E-state index contributed by atoms with van der Waals surface area (Å²) in [6.45, 7) is 4.50. The van der Waals surface area contributed by atoms with Crippen molar-refractivity contribution in [1.29, 1.82) is 5.26 Å². The first kappa shape index (κ1) is 15.0. The number of nitriles is 1. The molecule has 0 aliphatic heterocycles. The molecule has 1 amide bonds. The van der Waals surface area contributed by atoms with E-state index in [2.05, 4.69) is 19.9 Å². The van der Waals surface area contributed by atoms with E-state index in [0.717, 1.165) is 38.5 Å². The van der Waals surface area contributed by atoms with Crippen molar-refractivity contribution in [3.63, 3.8) is 0 Å². The van der Waals surface area contributed by atoms with Gasteiger partial charge in [0.2, 0.25) is 5.91 Å². The van der Waals surface area contributed by atoms with Crippen LogP contribution in [0.1, 0.15) is 65.2 Å². The molecular formula is C15H26N2O. The molecule has 0 N–H and O–H groups in total. The summed E-state index contributed by atoms with van der Waals surface area (Å²) in [6, 6.07) is 2.49. The van der Waals surface area contributed by atoms with Gasteiger partial charge in [-0.15, -0.1) is 0 Å². The first-order valence-electron chi connectivity index (χ1n) is 7.42. The van der Waals surface area contributed by atoms with Gasteiger partial charge >= 0.3 is 0 Å². The summed E-state index contributed by atoms with van der Waals surface area (Å²) in [6.07, 6.45) is 8.67. The van der Waals surface area contributed by atoms with Gasteiger partial charge in [-0.25, -0.2) is 0 Å². The highest BCUT2D eigenvalue weighted by Crippen LogP contribution is 2.26. The maximum atomic E-state index is 12.5. The van der Waals surface area contributed by atoms with E-state index in [1.54, 1.807) is 0 Å². The molecule has 3 heteroatoms. The lowest BCUT2D eigenvalue weighted by atomic mass is 9.96. The van der Waals surface area contributed by atoms with Crippen LogP contribution in [0.2, 0.25) is 0 Å². The molecule has 0 bridgehead atoms. The van der Waals surface area contributed by atoms with Crippen LogP contribution in [0.15, 0.2) is 0 Å². The van der Waals surface area contributed by atoms with Crippen LogP contribution in [0.5, 0.6) is 0 Å². The summed E-state index contributed by atoms with van der Waals surface area (Å²) in [5, 5.41) is 8.93. The molecule has 3 nitrogen and oxygen atoms in total. The van der Waals surface area contributed by atoms with Crippen molar-refractivity contribution in [3.05, 3.63) is 0 Å². The third kappa shape index (κ3) is 4.01. The van der Waals surface area contributed by atoms with Gasteiger partial charge in [0.15, 0.2) is 0 Å². The van der Waals surface area contributed by atoms with E-state index in [9.17, 15) is 4.79 Å². The Hall–Kier alpha value is -1.04. The predicted octanol–water partition coefficient (Wildman–Crippen LogP) is 3.50. The Morgan fingerprint density at radius 1 is 1.39 bits per heavy atom. The standard InChI is InChI=1S/C15H26N2O/c1-3-5-8-13(4-2)15(18)17(12-11-16)14-9-6-7-10-14/h13-14H,3-10,12H2,1-2H3. The number of nitrogens with zero attached hydrogens (tertiary/aromatic N) is 2. The number of unbranched alkanes of at least 4 members (excludes halogenated alkanes) is 1. The number of hydrogen-bond donors (Lipinski definition) is 0.